The van der Waals surface area contributed by atoms with E-state index >= 15 is 0 Å². The minimum absolute atomic E-state index is 0.377. The van der Waals surface area contributed by atoms with Gasteiger partial charge >= 0.3 is 0 Å². The number of aromatic nitrogens is 2. The Labute approximate surface area is 125 Å². The van der Waals surface area contributed by atoms with Crippen LogP contribution in [0.15, 0.2) is 24.5 Å². The van der Waals surface area contributed by atoms with E-state index in [4.69, 9.17) is 4.84 Å². The molecular weight excluding hydrogens is 264 g/mol. The van der Waals surface area contributed by atoms with E-state index in [9.17, 15) is 0 Å². The topological polar surface area (TPSA) is 51.1 Å². The predicted molar refractivity (Wildman–Crippen MR) is 83.9 cm³/mol. The Morgan fingerprint density at radius 1 is 1.48 bits per heavy atom. The van der Waals surface area contributed by atoms with Gasteiger partial charge in [-0.3, -0.25) is 0 Å². The summed E-state index contributed by atoms with van der Waals surface area (Å²) in [5.74, 6) is 0. The van der Waals surface area contributed by atoms with E-state index in [1.54, 1.807) is 7.11 Å². The van der Waals surface area contributed by atoms with Gasteiger partial charge in [-0.2, -0.15) is 0 Å². The van der Waals surface area contributed by atoms with Crippen molar-refractivity contribution < 1.29 is 4.84 Å². The van der Waals surface area contributed by atoms with Crippen molar-refractivity contribution in [2.24, 2.45) is 0 Å². The Bertz CT molecular complexity index is 591. The van der Waals surface area contributed by atoms with Crippen molar-refractivity contribution in [1.82, 2.24) is 20.3 Å². The zero-order valence-electron chi connectivity index (χ0n) is 12.8. The molecule has 1 atom stereocenters. The lowest BCUT2D eigenvalue weighted by atomic mass is 10.1. The van der Waals surface area contributed by atoms with E-state index in [1.807, 2.05) is 12.3 Å². The highest BCUT2D eigenvalue weighted by molar-refractivity contribution is 5.80. The highest BCUT2D eigenvalue weighted by atomic mass is 16.6. The largest absolute Gasteiger partial charge is 0.332 e. The first-order valence-electron chi connectivity index (χ1n) is 7.75. The van der Waals surface area contributed by atoms with E-state index in [0.717, 1.165) is 25.2 Å². The van der Waals surface area contributed by atoms with Gasteiger partial charge in [-0.05, 0) is 43.9 Å². The number of nitrogens with one attached hydrogen (secondary N) is 2. The Kier molecular flexibility index (Phi) is 4.53. The maximum Gasteiger partial charge on any atom is 0.140 e. The summed E-state index contributed by atoms with van der Waals surface area (Å²) in [5.41, 5.74) is 5.31. The number of aryl methyl sites for hydroxylation is 1. The molecule has 5 heteroatoms. The maximum absolute atomic E-state index is 4.88. The normalized spacial score (nSPS) is 16.5. The van der Waals surface area contributed by atoms with Gasteiger partial charge in [0, 0.05) is 43.0 Å². The molecule has 0 spiro atoms. The van der Waals surface area contributed by atoms with Crippen LogP contribution in [0.2, 0.25) is 0 Å². The summed E-state index contributed by atoms with van der Waals surface area (Å²) in [4.78, 5) is 9.44. The lowest BCUT2D eigenvalue weighted by Crippen LogP contribution is -2.20. The van der Waals surface area contributed by atoms with Gasteiger partial charge in [0.1, 0.15) is 5.65 Å². The van der Waals surface area contributed by atoms with Crippen LogP contribution in [0.1, 0.15) is 37.8 Å². The number of hydroxylamine groups is 1. The number of rotatable bonds is 8. The standard InChI is InChI=1S/C16H24N4O/c1-12(19-13-6-7-13)15-11-20(10-4-9-18-21-2)16-14(15)5-3-8-17-16/h3,5,8,11-13,18-19H,4,6-7,9-10H2,1-2H3/t12-/m1/s1. The molecule has 0 aliphatic heterocycles. The van der Waals surface area contributed by atoms with E-state index in [1.165, 1.54) is 23.8 Å². The highest BCUT2D eigenvalue weighted by Crippen LogP contribution is 2.29. The Hall–Kier alpha value is -1.43. The van der Waals surface area contributed by atoms with Crippen LogP contribution in [0.4, 0.5) is 0 Å². The van der Waals surface area contributed by atoms with Crippen LogP contribution in [0.25, 0.3) is 11.0 Å². The van der Waals surface area contributed by atoms with Crippen molar-refractivity contribution in [3.8, 4) is 0 Å². The van der Waals surface area contributed by atoms with E-state index in [-0.39, 0.29) is 0 Å². The molecule has 2 N–H and O–H groups in total. The van der Waals surface area contributed by atoms with Gasteiger partial charge < -0.3 is 14.7 Å². The summed E-state index contributed by atoms with van der Waals surface area (Å²) in [6, 6.07) is 5.28. The monoisotopic (exact) mass is 288 g/mol. The molecule has 0 aromatic carbocycles. The molecule has 1 fully saturated rings. The number of hydrogen-bond donors (Lipinski definition) is 2. The van der Waals surface area contributed by atoms with Crippen molar-refractivity contribution in [3.05, 3.63) is 30.1 Å². The molecule has 3 rings (SSSR count). The average molecular weight is 288 g/mol. The van der Waals surface area contributed by atoms with E-state index < -0.39 is 0 Å². The summed E-state index contributed by atoms with van der Waals surface area (Å²) in [6.07, 6.45) is 7.76. The Morgan fingerprint density at radius 3 is 3.10 bits per heavy atom. The van der Waals surface area contributed by atoms with Crippen LogP contribution in [0, 0.1) is 0 Å². The summed E-state index contributed by atoms with van der Waals surface area (Å²) in [5, 5.41) is 4.94. The Balaban J connectivity index is 1.79. The fourth-order valence-electron chi connectivity index (χ4n) is 2.78. The lowest BCUT2D eigenvalue weighted by molar-refractivity contribution is 0.0902. The second-order valence-electron chi connectivity index (χ2n) is 5.77. The molecule has 2 aromatic heterocycles. The molecule has 114 valence electrons. The van der Waals surface area contributed by atoms with E-state index in [2.05, 4.69) is 39.5 Å². The minimum atomic E-state index is 0.377. The van der Waals surface area contributed by atoms with Gasteiger partial charge in [-0.1, -0.05) is 0 Å². The first-order valence-corrected chi connectivity index (χ1v) is 7.75. The van der Waals surface area contributed by atoms with Gasteiger partial charge in [0.2, 0.25) is 0 Å². The summed E-state index contributed by atoms with van der Waals surface area (Å²) in [6.45, 7) is 4.03. The molecule has 1 saturated carbocycles. The molecule has 21 heavy (non-hydrogen) atoms. The zero-order chi connectivity index (χ0) is 14.7. The van der Waals surface area contributed by atoms with Gasteiger partial charge in [0.25, 0.3) is 0 Å². The zero-order valence-corrected chi connectivity index (χ0v) is 12.8. The first kappa shape index (κ1) is 14.5. The first-order chi connectivity index (χ1) is 10.3. The molecular formula is C16H24N4O. The van der Waals surface area contributed by atoms with Gasteiger partial charge in [-0.15, -0.1) is 0 Å². The van der Waals surface area contributed by atoms with Gasteiger partial charge in [0.05, 0.1) is 7.11 Å². The maximum atomic E-state index is 4.88. The summed E-state index contributed by atoms with van der Waals surface area (Å²) in [7, 11) is 1.65. The SMILES string of the molecule is CONCCCn1cc([C@@H](C)NC2CC2)c2cccnc21. The third kappa shape index (κ3) is 3.43. The quantitative estimate of drug-likeness (QED) is 0.578. The molecule has 2 heterocycles. The smallest absolute Gasteiger partial charge is 0.140 e. The number of nitrogens with zero attached hydrogens (tertiary/aromatic N) is 2. The third-order valence-electron chi connectivity index (χ3n) is 4.02. The Morgan fingerprint density at radius 2 is 2.33 bits per heavy atom. The third-order valence-corrected chi connectivity index (χ3v) is 4.02. The molecule has 1 aliphatic carbocycles. The van der Waals surface area contributed by atoms with Crippen molar-refractivity contribution >= 4 is 11.0 Å². The van der Waals surface area contributed by atoms with Crippen LogP contribution in [0.3, 0.4) is 0 Å². The number of fused-ring (bicyclic) bond motifs is 1. The predicted octanol–water partition coefficient (Wildman–Crippen LogP) is 2.39. The summed E-state index contributed by atoms with van der Waals surface area (Å²) < 4.78 is 2.26. The van der Waals surface area contributed by atoms with Crippen LogP contribution in [-0.4, -0.2) is 29.2 Å². The molecule has 0 radical (unpaired) electrons. The number of pyridine rings is 1. The minimum Gasteiger partial charge on any atom is -0.332 e. The van der Waals surface area contributed by atoms with Crippen LogP contribution in [-0.2, 0) is 11.4 Å². The molecule has 0 unspecified atom stereocenters. The van der Waals surface area contributed by atoms with Crippen LogP contribution >= 0.6 is 0 Å². The van der Waals surface area contributed by atoms with Crippen LogP contribution < -0.4 is 10.8 Å². The highest BCUT2D eigenvalue weighted by Gasteiger charge is 2.24. The fraction of sp³-hybridized carbons (Fsp3) is 0.562. The van der Waals surface area contributed by atoms with Crippen molar-refractivity contribution in [3.63, 3.8) is 0 Å². The van der Waals surface area contributed by atoms with Crippen molar-refractivity contribution in [2.75, 3.05) is 13.7 Å². The van der Waals surface area contributed by atoms with Crippen molar-refractivity contribution in [1.29, 1.82) is 0 Å². The molecule has 0 amide bonds. The molecule has 0 bridgehead atoms. The molecule has 2 aromatic rings. The second kappa shape index (κ2) is 6.56. The lowest BCUT2D eigenvalue weighted by Gasteiger charge is -2.12. The second-order valence-corrected chi connectivity index (χ2v) is 5.77. The van der Waals surface area contributed by atoms with Crippen LogP contribution in [0.5, 0.6) is 0 Å². The van der Waals surface area contributed by atoms with Gasteiger partial charge in [-0.25, -0.2) is 10.5 Å². The van der Waals surface area contributed by atoms with Gasteiger partial charge in [0.15, 0.2) is 0 Å². The molecule has 0 saturated heterocycles. The fourth-order valence-corrected chi connectivity index (χ4v) is 2.78. The average Bonchev–Trinajstić information content (AvgIpc) is 3.23. The number of hydrogen-bond acceptors (Lipinski definition) is 4. The molecule has 5 nitrogen and oxygen atoms in total. The summed E-state index contributed by atoms with van der Waals surface area (Å²) >= 11 is 0. The van der Waals surface area contributed by atoms with Crippen molar-refractivity contribution in [2.45, 2.75) is 44.8 Å². The molecule has 1 aliphatic rings. The van der Waals surface area contributed by atoms with E-state index in [0.29, 0.717) is 12.1 Å².